The van der Waals surface area contributed by atoms with Crippen LogP contribution in [0.4, 0.5) is 5.82 Å². The van der Waals surface area contributed by atoms with Crippen LogP contribution in [0.2, 0.25) is 5.02 Å². The molecule has 0 unspecified atom stereocenters. The minimum absolute atomic E-state index is 0.192. The fourth-order valence-electron chi connectivity index (χ4n) is 2.51. The first-order valence-electron chi connectivity index (χ1n) is 6.79. The molecule has 3 rings (SSSR count). The summed E-state index contributed by atoms with van der Waals surface area (Å²) >= 11 is 6.21. The highest BCUT2D eigenvalue weighted by molar-refractivity contribution is 6.32. The maximum atomic E-state index is 6.21. The third-order valence-electron chi connectivity index (χ3n) is 3.50. The lowest BCUT2D eigenvalue weighted by Crippen LogP contribution is -2.35. The number of ether oxygens (including phenoxy) is 1. The number of halogens is 1. The normalized spacial score (nSPS) is 18.8. The molecule has 7 nitrogen and oxygen atoms in total. The Morgan fingerprint density at radius 3 is 3.00 bits per heavy atom. The van der Waals surface area contributed by atoms with Crippen LogP contribution in [-0.4, -0.2) is 40.3 Å². The van der Waals surface area contributed by atoms with Gasteiger partial charge in [0.05, 0.1) is 19.2 Å². The lowest BCUT2D eigenvalue weighted by atomic mass is 9.98. The predicted molar refractivity (Wildman–Crippen MR) is 76.8 cm³/mol. The molecular formula is C13H16ClN5O2. The number of methoxy groups -OCH3 is 1. The molecule has 0 saturated carbocycles. The van der Waals surface area contributed by atoms with Crippen molar-refractivity contribution in [3.63, 3.8) is 0 Å². The van der Waals surface area contributed by atoms with Gasteiger partial charge in [0.1, 0.15) is 5.02 Å². The number of nitrogens with zero attached hydrogens (tertiary/aromatic N) is 5. The second-order valence-electron chi connectivity index (χ2n) is 4.99. The summed E-state index contributed by atoms with van der Waals surface area (Å²) in [7, 11) is 1.53. The summed E-state index contributed by atoms with van der Waals surface area (Å²) in [6.07, 6.45) is 3.58. The Bertz CT molecular complexity index is 633. The maximum absolute atomic E-state index is 6.21. The Morgan fingerprint density at radius 2 is 2.29 bits per heavy atom. The highest BCUT2D eigenvalue weighted by Gasteiger charge is 2.27. The van der Waals surface area contributed by atoms with E-state index in [4.69, 9.17) is 20.9 Å². The van der Waals surface area contributed by atoms with E-state index in [1.165, 1.54) is 7.11 Å². The van der Waals surface area contributed by atoms with Gasteiger partial charge in [0.15, 0.2) is 11.6 Å². The van der Waals surface area contributed by atoms with E-state index in [1.54, 1.807) is 6.20 Å². The molecule has 0 aliphatic carbocycles. The average Bonchev–Trinajstić information content (AvgIpc) is 2.94. The molecule has 1 saturated heterocycles. The SMILES string of the molecule is COc1ncc(Cl)c(N2CCC[C@@H](c3nc(C)no3)C2)n1. The first-order chi connectivity index (χ1) is 10.2. The van der Waals surface area contributed by atoms with Gasteiger partial charge < -0.3 is 14.2 Å². The summed E-state index contributed by atoms with van der Waals surface area (Å²) in [4.78, 5) is 14.8. The molecule has 112 valence electrons. The molecule has 0 N–H and O–H groups in total. The van der Waals surface area contributed by atoms with Crippen molar-refractivity contribution in [1.29, 1.82) is 0 Å². The predicted octanol–water partition coefficient (Wildman–Crippen LogP) is 2.21. The molecule has 2 aromatic rings. The highest BCUT2D eigenvalue weighted by Crippen LogP contribution is 2.32. The molecule has 21 heavy (non-hydrogen) atoms. The van der Waals surface area contributed by atoms with Crippen LogP contribution in [0.5, 0.6) is 6.01 Å². The third kappa shape index (κ3) is 2.92. The summed E-state index contributed by atoms with van der Waals surface area (Å²) in [6.45, 7) is 3.44. The molecule has 1 atom stereocenters. The fraction of sp³-hybridized carbons (Fsp3) is 0.538. The zero-order valence-electron chi connectivity index (χ0n) is 11.9. The van der Waals surface area contributed by atoms with Crippen molar-refractivity contribution < 1.29 is 9.26 Å². The fourth-order valence-corrected chi connectivity index (χ4v) is 2.72. The Balaban J connectivity index is 1.83. The van der Waals surface area contributed by atoms with E-state index in [2.05, 4.69) is 25.0 Å². The van der Waals surface area contributed by atoms with Crippen molar-refractivity contribution in [3.05, 3.63) is 22.9 Å². The molecule has 0 aromatic carbocycles. The maximum Gasteiger partial charge on any atom is 0.318 e. The minimum atomic E-state index is 0.192. The molecule has 0 amide bonds. The quantitative estimate of drug-likeness (QED) is 0.860. The summed E-state index contributed by atoms with van der Waals surface area (Å²) in [5.41, 5.74) is 0. The van der Waals surface area contributed by atoms with Gasteiger partial charge in [0.2, 0.25) is 5.89 Å². The number of hydrogen-bond acceptors (Lipinski definition) is 7. The first-order valence-corrected chi connectivity index (χ1v) is 7.17. The number of hydrogen-bond donors (Lipinski definition) is 0. The summed E-state index contributed by atoms with van der Waals surface area (Å²) in [6, 6.07) is 0.310. The van der Waals surface area contributed by atoms with E-state index in [0.717, 1.165) is 25.9 Å². The van der Waals surface area contributed by atoms with Crippen molar-refractivity contribution in [2.45, 2.75) is 25.7 Å². The Hall–Kier alpha value is -1.89. The number of piperidine rings is 1. The highest BCUT2D eigenvalue weighted by atomic mass is 35.5. The van der Waals surface area contributed by atoms with E-state index < -0.39 is 0 Å². The van der Waals surface area contributed by atoms with E-state index in [-0.39, 0.29) is 5.92 Å². The molecule has 8 heteroatoms. The van der Waals surface area contributed by atoms with Crippen molar-refractivity contribution >= 4 is 17.4 Å². The zero-order valence-corrected chi connectivity index (χ0v) is 12.7. The second kappa shape index (κ2) is 5.85. The number of anilines is 1. The van der Waals surface area contributed by atoms with Gasteiger partial charge >= 0.3 is 6.01 Å². The van der Waals surface area contributed by atoms with E-state index in [9.17, 15) is 0 Å². The van der Waals surface area contributed by atoms with Crippen LogP contribution in [0, 0.1) is 6.92 Å². The number of rotatable bonds is 3. The van der Waals surface area contributed by atoms with Crippen LogP contribution in [0.1, 0.15) is 30.5 Å². The molecule has 2 aromatic heterocycles. The molecule has 1 aliphatic heterocycles. The molecule has 0 bridgehead atoms. The van der Waals surface area contributed by atoms with Crippen LogP contribution in [0.15, 0.2) is 10.7 Å². The molecule has 0 spiro atoms. The Labute approximate surface area is 127 Å². The molecule has 1 aliphatic rings. The van der Waals surface area contributed by atoms with Gasteiger partial charge in [0, 0.05) is 13.1 Å². The monoisotopic (exact) mass is 309 g/mol. The van der Waals surface area contributed by atoms with E-state index in [0.29, 0.717) is 28.6 Å². The zero-order chi connectivity index (χ0) is 14.8. The van der Waals surface area contributed by atoms with Crippen LogP contribution in [0.3, 0.4) is 0 Å². The first kappa shape index (κ1) is 14.1. The van der Waals surface area contributed by atoms with E-state index in [1.807, 2.05) is 6.92 Å². The number of aryl methyl sites for hydroxylation is 1. The Morgan fingerprint density at radius 1 is 1.43 bits per heavy atom. The van der Waals surface area contributed by atoms with Gasteiger partial charge in [-0.1, -0.05) is 16.8 Å². The average molecular weight is 310 g/mol. The summed E-state index contributed by atoms with van der Waals surface area (Å²) in [5, 5.41) is 4.37. The van der Waals surface area contributed by atoms with Gasteiger partial charge in [-0.25, -0.2) is 4.98 Å². The second-order valence-corrected chi connectivity index (χ2v) is 5.40. The van der Waals surface area contributed by atoms with Crippen molar-refractivity contribution in [1.82, 2.24) is 20.1 Å². The topological polar surface area (TPSA) is 77.2 Å². The molecule has 1 fully saturated rings. The van der Waals surface area contributed by atoms with E-state index >= 15 is 0 Å². The van der Waals surface area contributed by atoms with Crippen molar-refractivity contribution in [3.8, 4) is 6.01 Å². The summed E-state index contributed by atoms with van der Waals surface area (Å²) in [5.74, 6) is 2.21. The number of aromatic nitrogens is 4. The van der Waals surface area contributed by atoms with Crippen LogP contribution in [0.25, 0.3) is 0 Å². The standard InChI is InChI=1S/C13H16ClN5O2/c1-8-16-12(21-18-8)9-4-3-5-19(7-9)11-10(14)6-15-13(17-11)20-2/h6,9H,3-5,7H2,1-2H3/t9-/m1/s1. The Kier molecular flexibility index (Phi) is 3.92. The smallest absolute Gasteiger partial charge is 0.318 e. The van der Waals surface area contributed by atoms with Crippen LogP contribution in [-0.2, 0) is 0 Å². The van der Waals surface area contributed by atoms with Gasteiger partial charge in [0.25, 0.3) is 0 Å². The van der Waals surface area contributed by atoms with Crippen LogP contribution >= 0.6 is 11.6 Å². The van der Waals surface area contributed by atoms with Gasteiger partial charge in [-0.2, -0.15) is 9.97 Å². The third-order valence-corrected chi connectivity index (χ3v) is 3.77. The lowest BCUT2D eigenvalue weighted by molar-refractivity contribution is 0.330. The minimum Gasteiger partial charge on any atom is -0.467 e. The molecular weight excluding hydrogens is 294 g/mol. The van der Waals surface area contributed by atoms with Gasteiger partial charge in [-0.05, 0) is 19.8 Å². The van der Waals surface area contributed by atoms with Gasteiger partial charge in [-0.15, -0.1) is 0 Å². The summed E-state index contributed by atoms with van der Waals surface area (Å²) < 4.78 is 10.4. The van der Waals surface area contributed by atoms with Crippen molar-refractivity contribution in [2.24, 2.45) is 0 Å². The van der Waals surface area contributed by atoms with Crippen molar-refractivity contribution in [2.75, 3.05) is 25.1 Å². The molecule has 3 heterocycles. The van der Waals surface area contributed by atoms with Crippen LogP contribution < -0.4 is 9.64 Å². The molecule has 0 radical (unpaired) electrons. The van der Waals surface area contributed by atoms with Gasteiger partial charge in [-0.3, -0.25) is 0 Å². The lowest BCUT2D eigenvalue weighted by Gasteiger charge is -2.32. The largest absolute Gasteiger partial charge is 0.467 e.